The van der Waals surface area contributed by atoms with Crippen molar-refractivity contribution in [3.8, 4) is 17.2 Å². The van der Waals surface area contributed by atoms with Crippen LogP contribution in [0.25, 0.3) is 0 Å². The smallest absolute Gasteiger partial charge is 0.416 e. The van der Waals surface area contributed by atoms with Crippen molar-refractivity contribution in [2.24, 2.45) is 0 Å². The highest BCUT2D eigenvalue weighted by Crippen LogP contribution is 2.31. The Morgan fingerprint density at radius 1 is 0.976 bits per heavy atom. The maximum Gasteiger partial charge on any atom is 0.416 e. The number of halogens is 3. The number of ketones is 1. The third kappa shape index (κ3) is 9.14. The van der Waals surface area contributed by atoms with Crippen LogP contribution in [0, 0.1) is 6.92 Å². The van der Waals surface area contributed by atoms with Crippen molar-refractivity contribution in [1.82, 2.24) is 0 Å². The number of carbonyl (C=O) groups excluding carboxylic acids is 1. The molecule has 10 heteroatoms. The third-order valence-electron chi connectivity index (χ3n) is 6.22. The lowest BCUT2D eigenvalue weighted by Gasteiger charge is -2.33. The number of hydrogen-bond acceptors (Lipinski definition) is 7. The van der Waals surface area contributed by atoms with Gasteiger partial charge in [-0.1, -0.05) is 6.92 Å². The summed E-state index contributed by atoms with van der Waals surface area (Å²) in [7, 11) is 0. The number of alkyl halides is 3. The van der Waals surface area contributed by atoms with E-state index in [2.05, 4.69) is 0 Å². The molecule has 0 N–H and O–H groups in total. The van der Waals surface area contributed by atoms with Gasteiger partial charge in [-0.25, -0.2) is 0 Å². The van der Waals surface area contributed by atoms with Gasteiger partial charge in [0.15, 0.2) is 18.4 Å². The normalized spacial score (nSPS) is 17.4. The fourth-order valence-electron chi connectivity index (χ4n) is 4.07. The van der Waals surface area contributed by atoms with Gasteiger partial charge in [0.1, 0.15) is 36.6 Å². The first kappa shape index (κ1) is 30.7. The highest BCUT2D eigenvalue weighted by atomic mass is 32.2. The SMILES string of the molecule is CCCC(=O)c1ccc(OC(COc2ccc(C(F)(F)F)cc2)CSc2ccc(OCC3OC(C)O3)c(C)c2)cc1. The zero-order chi connectivity index (χ0) is 29.4. The Hall–Kier alpha value is -3.21. The monoisotopic (exact) mass is 590 g/mol. The van der Waals surface area contributed by atoms with E-state index >= 15 is 0 Å². The van der Waals surface area contributed by atoms with E-state index in [0.29, 0.717) is 35.8 Å². The van der Waals surface area contributed by atoms with Crippen LogP contribution in [0.5, 0.6) is 17.2 Å². The molecule has 220 valence electrons. The molecule has 1 aliphatic rings. The Balaban J connectivity index is 1.39. The summed E-state index contributed by atoms with van der Waals surface area (Å²) in [4.78, 5) is 13.2. The average Bonchev–Trinajstić information content (AvgIpc) is 2.93. The molecule has 6 nitrogen and oxygen atoms in total. The average molecular weight is 591 g/mol. The highest BCUT2D eigenvalue weighted by Gasteiger charge is 2.30. The molecule has 0 radical (unpaired) electrons. The second-order valence-corrected chi connectivity index (χ2v) is 10.7. The fourth-order valence-corrected chi connectivity index (χ4v) is 5.03. The second-order valence-electron chi connectivity index (χ2n) is 9.59. The van der Waals surface area contributed by atoms with Gasteiger partial charge in [0, 0.05) is 22.6 Å². The minimum Gasteiger partial charge on any atom is -0.490 e. The molecule has 0 spiro atoms. The Bertz CT molecular complexity index is 1270. The van der Waals surface area contributed by atoms with Crippen LogP contribution in [0.3, 0.4) is 0 Å². The van der Waals surface area contributed by atoms with Gasteiger partial charge >= 0.3 is 6.18 Å². The molecule has 0 aromatic heterocycles. The van der Waals surface area contributed by atoms with Crippen LogP contribution in [0.15, 0.2) is 71.6 Å². The van der Waals surface area contributed by atoms with E-state index in [-0.39, 0.29) is 25.0 Å². The van der Waals surface area contributed by atoms with Crippen LogP contribution < -0.4 is 14.2 Å². The molecule has 0 saturated carbocycles. The molecular formula is C31H33F3O6S. The number of ether oxygens (including phenoxy) is 5. The van der Waals surface area contributed by atoms with E-state index in [1.54, 1.807) is 36.0 Å². The molecule has 1 fully saturated rings. The van der Waals surface area contributed by atoms with E-state index in [0.717, 1.165) is 34.8 Å². The van der Waals surface area contributed by atoms with E-state index in [1.165, 1.54) is 12.1 Å². The van der Waals surface area contributed by atoms with Gasteiger partial charge in [-0.3, -0.25) is 4.79 Å². The predicted molar refractivity (Wildman–Crippen MR) is 150 cm³/mol. The number of benzene rings is 3. The Labute approximate surface area is 242 Å². The topological polar surface area (TPSA) is 63.2 Å². The maximum atomic E-state index is 12.9. The molecule has 3 aromatic carbocycles. The van der Waals surface area contributed by atoms with Crippen molar-refractivity contribution >= 4 is 17.5 Å². The summed E-state index contributed by atoms with van der Waals surface area (Å²) in [5.74, 6) is 2.18. The van der Waals surface area contributed by atoms with Crippen LogP contribution >= 0.6 is 11.8 Å². The predicted octanol–water partition coefficient (Wildman–Crippen LogP) is 7.71. The van der Waals surface area contributed by atoms with Crippen molar-refractivity contribution in [1.29, 1.82) is 0 Å². The van der Waals surface area contributed by atoms with Crippen molar-refractivity contribution in [3.63, 3.8) is 0 Å². The van der Waals surface area contributed by atoms with E-state index in [9.17, 15) is 18.0 Å². The van der Waals surface area contributed by atoms with Crippen molar-refractivity contribution in [2.45, 2.75) is 63.4 Å². The summed E-state index contributed by atoms with van der Waals surface area (Å²) < 4.78 is 67.4. The number of Topliss-reactive ketones (excluding diaryl/α,β-unsaturated/α-hetero) is 1. The Morgan fingerprint density at radius 3 is 2.27 bits per heavy atom. The lowest BCUT2D eigenvalue weighted by atomic mass is 10.1. The number of rotatable bonds is 14. The molecule has 1 aliphatic heterocycles. The van der Waals surface area contributed by atoms with Gasteiger partial charge in [-0.2, -0.15) is 13.2 Å². The molecular weight excluding hydrogens is 557 g/mol. The van der Waals surface area contributed by atoms with Gasteiger partial charge in [0.2, 0.25) is 0 Å². The van der Waals surface area contributed by atoms with Crippen molar-refractivity contribution in [2.75, 3.05) is 19.0 Å². The van der Waals surface area contributed by atoms with Crippen LogP contribution in [0.2, 0.25) is 0 Å². The molecule has 1 heterocycles. The molecule has 0 bridgehead atoms. The van der Waals surface area contributed by atoms with Crippen molar-refractivity contribution < 1.29 is 41.7 Å². The fraction of sp³-hybridized carbons (Fsp3) is 0.387. The minimum atomic E-state index is -4.42. The standard InChI is InChI=1S/C31H33F3O6S/c1-4-5-28(35)22-6-10-25(11-7-22)40-26(17-36-24-12-8-23(9-13-24)31(32,33)34)19-41-27-14-15-29(20(2)16-27)37-18-30-38-21(3)39-30/h6-16,21,26,30H,4-5,17-19H2,1-3H3. The second kappa shape index (κ2) is 14.1. The summed E-state index contributed by atoms with van der Waals surface area (Å²) in [6.45, 7) is 6.14. The van der Waals surface area contributed by atoms with Gasteiger partial charge in [-0.05, 0) is 92.6 Å². The third-order valence-corrected chi connectivity index (χ3v) is 7.34. The molecule has 41 heavy (non-hydrogen) atoms. The molecule has 0 aliphatic carbocycles. The summed E-state index contributed by atoms with van der Waals surface area (Å²) in [5.41, 5.74) is 0.832. The summed E-state index contributed by atoms with van der Waals surface area (Å²) in [6.07, 6.45) is -4.17. The molecule has 4 rings (SSSR count). The number of aryl methyl sites for hydroxylation is 1. The zero-order valence-corrected chi connectivity index (χ0v) is 23.9. The molecule has 0 amide bonds. The number of thioether (sulfide) groups is 1. The number of carbonyl (C=O) groups is 1. The summed E-state index contributed by atoms with van der Waals surface area (Å²) >= 11 is 1.55. The maximum absolute atomic E-state index is 12.9. The summed E-state index contributed by atoms with van der Waals surface area (Å²) in [5, 5.41) is 0. The minimum absolute atomic E-state index is 0.0712. The molecule has 1 unspecified atom stereocenters. The van der Waals surface area contributed by atoms with Gasteiger partial charge < -0.3 is 23.7 Å². The Kier molecular flexibility index (Phi) is 10.6. The van der Waals surface area contributed by atoms with Crippen LogP contribution in [-0.2, 0) is 15.7 Å². The highest BCUT2D eigenvalue weighted by molar-refractivity contribution is 7.99. The van der Waals surface area contributed by atoms with Crippen LogP contribution in [-0.4, -0.2) is 43.4 Å². The lowest BCUT2D eigenvalue weighted by Crippen LogP contribution is -2.42. The first-order valence-electron chi connectivity index (χ1n) is 13.4. The molecule has 1 saturated heterocycles. The van der Waals surface area contributed by atoms with Gasteiger partial charge in [0.05, 0.1) is 5.56 Å². The van der Waals surface area contributed by atoms with Gasteiger partial charge in [-0.15, -0.1) is 11.8 Å². The largest absolute Gasteiger partial charge is 0.490 e. The van der Waals surface area contributed by atoms with Crippen LogP contribution in [0.4, 0.5) is 13.2 Å². The van der Waals surface area contributed by atoms with E-state index in [1.807, 2.05) is 39.0 Å². The number of hydrogen-bond donors (Lipinski definition) is 0. The zero-order valence-electron chi connectivity index (χ0n) is 23.1. The molecule has 3 aromatic rings. The van der Waals surface area contributed by atoms with E-state index < -0.39 is 17.8 Å². The van der Waals surface area contributed by atoms with Crippen molar-refractivity contribution in [3.05, 3.63) is 83.4 Å². The van der Waals surface area contributed by atoms with E-state index in [4.69, 9.17) is 23.7 Å². The first-order chi connectivity index (χ1) is 19.6. The van der Waals surface area contributed by atoms with Crippen LogP contribution in [0.1, 0.15) is 48.2 Å². The lowest BCUT2D eigenvalue weighted by molar-refractivity contribution is -0.380. The quantitative estimate of drug-likeness (QED) is 0.141. The summed E-state index contributed by atoms with van der Waals surface area (Å²) in [6, 6.07) is 17.4. The van der Waals surface area contributed by atoms with Gasteiger partial charge in [0.25, 0.3) is 0 Å². The molecule has 1 atom stereocenters. The Morgan fingerprint density at radius 2 is 1.66 bits per heavy atom. The first-order valence-corrected chi connectivity index (χ1v) is 14.4.